The van der Waals surface area contributed by atoms with E-state index >= 15 is 0 Å². The molecule has 0 spiro atoms. The molecule has 0 saturated carbocycles. The largest absolute Gasteiger partial charge is 0.358 e. The predicted octanol–water partition coefficient (Wildman–Crippen LogP) is 5.09. The fourth-order valence-electron chi connectivity index (χ4n) is 4.92. The highest BCUT2D eigenvalue weighted by molar-refractivity contribution is 5.98. The molecule has 6 nitrogen and oxygen atoms in total. The van der Waals surface area contributed by atoms with Crippen molar-refractivity contribution in [2.75, 3.05) is 13.1 Å². The van der Waals surface area contributed by atoms with Crippen LogP contribution in [0.4, 0.5) is 0 Å². The van der Waals surface area contributed by atoms with Gasteiger partial charge in [0.15, 0.2) is 0 Å². The van der Waals surface area contributed by atoms with Crippen molar-refractivity contribution in [1.82, 2.24) is 24.6 Å². The van der Waals surface area contributed by atoms with E-state index < -0.39 is 0 Å². The minimum atomic E-state index is 0.0568. The minimum absolute atomic E-state index is 0.0568. The Balaban J connectivity index is 1.44. The van der Waals surface area contributed by atoms with Gasteiger partial charge in [-0.2, -0.15) is 5.10 Å². The molecule has 0 unspecified atom stereocenters. The van der Waals surface area contributed by atoms with Gasteiger partial charge in [0.2, 0.25) is 5.91 Å². The predicted molar refractivity (Wildman–Crippen MR) is 126 cm³/mol. The van der Waals surface area contributed by atoms with Crippen molar-refractivity contribution in [3.63, 3.8) is 0 Å². The molecule has 1 aliphatic rings. The molecule has 1 aromatic carbocycles. The number of aryl methyl sites for hydroxylation is 1. The summed E-state index contributed by atoms with van der Waals surface area (Å²) in [5, 5.41) is 5.53. The maximum atomic E-state index is 13.1. The lowest BCUT2D eigenvalue weighted by Gasteiger charge is -2.33. The van der Waals surface area contributed by atoms with Gasteiger partial charge in [-0.1, -0.05) is 11.6 Å². The molecule has 0 bridgehead atoms. The molecule has 6 heteroatoms. The number of hydrogen-bond donors (Lipinski definition) is 1. The normalized spacial score (nSPS) is 17.6. The third-order valence-electron chi connectivity index (χ3n) is 6.58. The zero-order valence-electron chi connectivity index (χ0n) is 18.7. The topological polar surface area (TPSA) is 66.8 Å². The van der Waals surface area contributed by atoms with Crippen LogP contribution in [-0.4, -0.2) is 43.6 Å². The molecule has 0 aliphatic carbocycles. The van der Waals surface area contributed by atoms with Crippen LogP contribution in [0.5, 0.6) is 0 Å². The number of carbonyl (C=O) groups excluding carboxylic acids is 1. The average Bonchev–Trinajstić information content (AvgIpc) is 3.48. The molecule has 4 aromatic rings. The van der Waals surface area contributed by atoms with Crippen LogP contribution in [0.3, 0.4) is 0 Å². The number of amides is 1. The van der Waals surface area contributed by atoms with Crippen molar-refractivity contribution >= 4 is 16.8 Å². The summed E-state index contributed by atoms with van der Waals surface area (Å²) in [6, 6.07) is 12.7. The van der Waals surface area contributed by atoms with Gasteiger partial charge < -0.3 is 9.88 Å². The third kappa shape index (κ3) is 3.93. The van der Waals surface area contributed by atoms with Crippen molar-refractivity contribution in [1.29, 1.82) is 0 Å². The maximum absolute atomic E-state index is 13.1. The summed E-state index contributed by atoms with van der Waals surface area (Å²) >= 11 is 0. The van der Waals surface area contributed by atoms with E-state index in [4.69, 9.17) is 0 Å². The van der Waals surface area contributed by atoms with Crippen LogP contribution in [0.25, 0.3) is 22.0 Å². The Bertz CT molecular complexity index is 1210. The van der Waals surface area contributed by atoms with Crippen molar-refractivity contribution < 1.29 is 4.79 Å². The Labute approximate surface area is 188 Å². The third-order valence-corrected chi connectivity index (χ3v) is 6.58. The minimum Gasteiger partial charge on any atom is -0.358 e. The Kier molecular flexibility index (Phi) is 5.52. The number of carbonyl (C=O) groups is 1. The number of fused-ring (bicyclic) bond motifs is 1. The van der Waals surface area contributed by atoms with Crippen LogP contribution in [0, 0.1) is 6.92 Å². The summed E-state index contributed by atoms with van der Waals surface area (Å²) in [7, 11) is 0. The fourth-order valence-corrected chi connectivity index (χ4v) is 4.92. The lowest BCUT2D eigenvalue weighted by molar-refractivity contribution is -0.133. The summed E-state index contributed by atoms with van der Waals surface area (Å²) in [6.07, 6.45) is 9.93. The Hall–Kier alpha value is -3.41. The second-order valence-electron chi connectivity index (χ2n) is 8.92. The molecule has 5 rings (SSSR count). The van der Waals surface area contributed by atoms with E-state index in [2.05, 4.69) is 52.3 Å². The van der Waals surface area contributed by atoms with Gasteiger partial charge in [-0.05, 0) is 62.6 Å². The standard InChI is InChI=1S/C26H29N5O/c1-18-6-7-23-22(15-18)25(20-8-11-27-12-9-20)26(29-23)21-5-3-13-30(17-21)24(32)16-19(2)31-14-4-10-28-31/h4,6-12,14-15,19,21,29H,3,5,13,16-17H2,1-2H3/t19-,21+/m0/s1. The number of benzene rings is 1. The number of aromatic nitrogens is 4. The highest BCUT2D eigenvalue weighted by Gasteiger charge is 2.29. The second kappa shape index (κ2) is 8.61. The van der Waals surface area contributed by atoms with Crippen LogP contribution >= 0.6 is 0 Å². The Morgan fingerprint density at radius 1 is 1.22 bits per heavy atom. The van der Waals surface area contributed by atoms with Gasteiger partial charge in [-0.15, -0.1) is 0 Å². The molecule has 1 aliphatic heterocycles. The van der Waals surface area contributed by atoms with Gasteiger partial charge in [0.25, 0.3) is 0 Å². The maximum Gasteiger partial charge on any atom is 0.224 e. The van der Waals surface area contributed by atoms with Crippen LogP contribution in [0.1, 0.15) is 49.4 Å². The molecule has 1 fully saturated rings. The van der Waals surface area contributed by atoms with Crippen LogP contribution in [-0.2, 0) is 4.79 Å². The lowest BCUT2D eigenvalue weighted by atomic mass is 9.89. The van der Waals surface area contributed by atoms with Gasteiger partial charge in [-0.3, -0.25) is 14.5 Å². The molecule has 32 heavy (non-hydrogen) atoms. The van der Waals surface area contributed by atoms with Gasteiger partial charge in [0.05, 0.1) is 6.04 Å². The summed E-state index contributed by atoms with van der Waals surface area (Å²) < 4.78 is 1.86. The second-order valence-corrected chi connectivity index (χ2v) is 8.92. The molecule has 0 radical (unpaired) electrons. The van der Waals surface area contributed by atoms with E-state index in [-0.39, 0.29) is 17.9 Å². The number of rotatable bonds is 5. The molecular formula is C26H29N5O. The first kappa shape index (κ1) is 20.5. The number of nitrogens with zero attached hydrogens (tertiary/aromatic N) is 4. The Morgan fingerprint density at radius 2 is 2.06 bits per heavy atom. The van der Waals surface area contributed by atoms with Crippen molar-refractivity contribution in [3.05, 3.63) is 72.4 Å². The zero-order chi connectivity index (χ0) is 22.1. The zero-order valence-corrected chi connectivity index (χ0v) is 18.7. The van der Waals surface area contributed by atoms with Crippen molar-refractivity contribution in [3.8, 4) is 11.1 Å². The number of likely N-dealkylation sites (tertiary alicyclic amines) is 1. The molecule has 1 N–H and O–H groups in total. The molecule has 1 saturated heterocycles. The van der Waals surface area contributed by atoms with E-state index in [9.17, 15) is 4.79 Å². The van der Waals surface area contributed by atoms with Gasteiger partial charge in [0.1, 0.15) is 0 Å². The van der Waals surface area contributed by atoms with Crippen LogP contribution < -0.4 is 0 Å². The highest BCUT2D eigenvalue weighted by atomic mass is 16.2. The summed E-state index contributed by atoms with van der Waals surface area (Å²) in [4.78, 5) is 23.1. The number of pyridine rings is 1. The van der Waals surface area contributed by atoms with Gasteiger partial charge >= 0.3 is 0 Å². The van der Waals surface area contributed by atoms with E-state index in [1.54, 1.807) is 6.20 Å². The number of hydrogen-bond acceptors (Lipinski definition) is 3. The van der Waals surface area contributed by atoms with Gasteiger partial charge in [-0.25, -0.2) is 0 Å². The van der Waals surface area contributed by atoms with Crippen molar-refractivity contribution in [2.24, 2.45) is 0 Å². The average molecular weight is 428 g/mol. The molecule has 164 valence electrons. The van der Waals surface area contributed by atoms with E-state index in [0.717, 1.165) is 31.4 Å². The molecule has 4 heterocycles. The highest BCUT2D eigenvalue weighted by Crippen LogP contribution is 2.39. The summed E-state index contributed by atoms with van der Waals surface area (Å²) in [5.41, 5.74) is 6.03. The first-order chi connectivity index (χ1) is 15.6. The molecule has 3 aromatic heterocycles. The molecule has 2 atom stereocenters. The van der Waals surface area contributed by atoms with Crippen molar-refractivity contribution in [2.45, 2.75) is 45.1 Å². The summed E-state index contributed by atoms with van der Waals surface area (Å²) in [5.74, 6) is 0.485. The van der Waals surface area contributed by atoms with E-state index in [0.29, 0.717) is 6.42 Å². The van der Waals surface area contributed by atoms with E-state index in [1.807, 2.05) is 41.2 Å². The summed E-state index contributed by atoms with van der Waals surface area (Å²) in [6.45, 7) is 5.75. The van der Waals surface area contributed by atoms with Crippen LogP contribution in [0.15, 0.2) is 61.2 Å². The monoisotopic (exact) mass is 427 g/mol. The fraction of sp³-hybridized carbons (Fsp3) is 0.346. The van der Waals surface area contributed by atoms with Crippen LogP contribution in [0.2, 0.25) is 0 Å². The number of H-pyrrole nitrogens is 1. The quantitative estimate of drug-likeness (QED) is 0.482. The molecule has 1 amide bonds. The number of piperidine rings is 1. The first-order valence-electron chi connectivity index (χ1n) is 11.4. The number of aromatic amines is 1. The first-order valence-corrected chi connectivity index (χ1v) is 11.4. The lowest BCUT2D eigenvalue weighted by Crippen LogP contribution is -2.40. The van der Waals surface area contributed by atoms with E-state index in [1.165, 1.54) is 27.8 Å². The Morgan fingerprint density at radius 3 is 2.84 bits per heavy atom. The molecular weight excluding hydrogens is 398 g/mol. The van der Waals surface area contributed by atoms with Gasteiger partial charge in [0, 0.05) is 72.4 Å². The SMILES string of the molecule is Cc1ccc2[nH]c([C@@H]3CCCN(C(=O)C[C@H](C)n4cccn4)C3)c(-c3ccncc3)c2c1. The number of nitrogens with one attached hydrogen (secondary N) is 1. The smallest absolute Gasteiger partial charge is 0.224 e.